The molecule has 0 atom stereocenters. The molecule has 0 radical (unpaired) electrons. The van der Waals surface area contributed by atoms with E-state index < -0.39 is 5.82 Å². The van der Waals surface area contributed by atoms with E-state index in [2.05, 4.69) is 33.0 Å². The highest BCUT2D eigenvalue weighted by atomic mass is 32.2. The lowest BCUT2D eigenvalue weighted by Gasteiger charge is -2.05. The summed E-state index contributed by atoms with van der Waals surface area (Å²) in [4.78, 5) is 11.9. The minimum Gasteiger partial charge on any atom is -0.360 e. The Morgan fingerprint density at radius 2 is 1.85 bits per heavy atom. The molecular weight excluding hydrogens is 383 g/mol. The first-order valence-electron chi connectivity index (χ1n) is 8.49. The van der Waals surface area contributed by atoms with Gasteiger partial charge in [0.05, 0.1) is 5.69 Å². The van der Waals surface area contributed by atoms with Gasteiger partial charge in [-0.3, -0.25) is 4.79 Å². The summed E-state index contributed by atoms with van der Waals surface area (Å²) >= 11 is 2.93. The number of halogens is 1. The van der Waals surface area contributed by atoms with Gasteiger partial charge in [0.25, 0.3) is 0 Å². The lowest BCUT2D eigenvalue weighted by molar-refractivity contribution is -0.115. The first kappa shape index (κ1) is 19.3. The summed E-state index contributed by atoms with van der Waals surface area (Å²) in [5.41, 5.74) is 1.47. The zero-order chi connectivity index (χ0) is 18.9. The number of aromatic nitrogens is 2. The van der Waals surface area contributed by atoms with Gasteiger partial charge in [0.2, 0.25) is 11.0 Å². The minimum absolute atomic E-state index is 0.202. The standard InChI is InChI=1S/C19H19FN4OS2/c20-15-8-4-5-9-16(15)22-17(25)11-13-26-19-24-23-18(27-19)21-12-10-14-6-2-1-3-7-14/h1-9H,10-13H2,(H,21,23)(H,22,25). The maximum atomic E-state index is 13.5. The molecule has 140 valence electrons. The van der Waals surface area contributed by atoms with Crippen molar-refractivity contribution in [1.82, 2.24) is 10.2 Å². The smallest absolute Gasteiger partial charge is 0.225 e. The molecule has 8 heteroatoms. The Kier molecular flexibility index (Phi) is 7.18. The van der Waals surface area contributed by atoms with E-state index in [1.165, 1.54) is 34.7 Å². The van der Waals surface area contributed by atoms with Crippen LogP contribution >= 0.6 is 23.1 Å². The molecule has 0 saturated carbocycles. The second-order valence-electron chi connectivity index (χ2n) is 5.66. The van der Waals surface area contributed by atoms with Gasteiger partial charge in [-0.05, 0) is 24.1 Å². The van der Waals surface area contributed by atoms with Gasteiger partial charge in [0.1, 0.15) is 5.82 Å². The van der Waals surface area contributed by atoms with Crippen LogP contribution in [0, 0.1) is 5.82 Å². The van der Waals surface area contributed by atoms with E-state index in [0.29, 0.717) is 5.75 Å². The highest BCUT2D eigenvalue weighted by Crippen LogP contribution is 2.26. The van der Waals surface area contributed by atoms with Crippen LogP contribution in [0.4, 0.5) is 15.2 Å². The van der Waals surface area contributed by atoms with Crippen molar-refractivity contribution in [2.75, 3.05) is 22.9 Å². The number of thioether (sulfide) groups is 1. The van der Waals surface area contributed by atoms with Crippen molar-refractivity contribution in [3.63, 3.8) is 0 Å². The summed E-state index contributed by atoms with van der Waals surface area (Å²) in [6.45, 7) is 0.786. The number of hydrogen-bond donors (Lipinski definition) is 2. The van der Waals surface area contributed by atoms with E-state index in [-0.39, 0.29) is 18.0 Å². The highest BCUT2D eigenvalue weighted by molar-refractivity contribution is 8.01. The molecular formula is C19H19FN4OS2. The second-order valence-corrected chi connectivity index (χ2v) is 7.98. The minimum atomic E-state index is -0.436. The van der Waals surface area contributed by atoms with Gasteiger partial charge in [-0.2, -0.15) is 0 Å². The Labute approximate surface area is 165 Å². The molecule has 1 aromatic heterocycles. The maximum Gasteiger partial charge on any atom is 0.225 e. The molecule has 0 spiro atoms. The number of carbonyl (C=O) groups is 1. The van der Waals surface area contributed by atoms with Crippen LogP contribution < -0.4 is 10.6 Å². The lowest BCUT2D eigenvalue weighted by Crippen LogP contribution is -2.13. The van der Waals surface area contributed by atoms with Crippen molar-refractivity contribution < 1.29 is 9.18 Å². The van der Waals surface area contributed by atoms with Gasteiger partial charge in [-0.15, -0.1) is 10.2 Å². The van der Waals surface area contributed by atoms with Crippen LogP contribution in [-0.4, -0.2) is 28.4 Å². The fourth-order valence-electron chi connectivity index (χ4n) is 2.30. The Hall–Kier alpha value is -2.45. The van der Waals surface area contributed by atoms with Gasteiger partial charge >= 0.3 is 0 Å². The number of para-hydroxylation sites is 1. The molecule has 2 N–H and O–H groups in total. The van der Waals surface area contributed by atoms with E-state index in [4.69, 9.17) is 0 Å². The van der Waals surface area contributed by atoms with Crippen molar-refractivity contribution in [1.29, 1.82) is 0 Å². The van der Waals surface area contributed by atoms with E-state index in [1.807, 2.05) is 18.2 Å². The number of anilines is 2. The van der Waals surface area contributed by atoms with Crippen LogP contribution in [0.25, 0.3) is 0 Å². The van der Waals surface area contributed by atoms with Gasteiger partial charge in [0.15, 0.2) is 4.34 Å². The third kappa shape index (κ3) is 6.33. The van der Waals surface area contributed by atoms with Gasteiger partial charge in [-0.1, -0.05) is 65.6 Å². The van der Waals surface area contributed by atoms with Gasteiger partial charge in [-0.25, -0.2) is 4.39 Å². The van der Waals surface area contributed by atoms with Crippen molar-refractivity contribution in [2.45, 2.75) is 17.2 Å². The zero-order valence-corrected chi connectivity index (χ0v) is 16.2. The van der Waals surface area contributed by atoms with Crippen LogP contribution in [0.15, 0.2) is 58.9 Å². The molecule has 2 aromatic carbocycles. The highest BCUT2D eigenvalue weighted by Gasteiger charge is 2.09. The molecule has 3 aromatic rings. The monoisotopic (exact) mass is 402 g/mol. The zero-order valence-electron chi connectivity index (χ0n) is 14.5. The fourth-order valence-corrected chi connectivity index (χ4v) is 4.09. The molecule has 1 heterocycles. The van der Waals surface area contributed by atoms with Gasteiger partial charge < -0.3 is 10.6 Å². The molecule has 5 nitrogen and oxygen atoms in total. The number of hydrogen-bond acceptors (Lipinski definition) is 6. The Morgan fingerprint density at radius 3 is 2.67 bits per heavy atom. The molecule has 27 heavy (non-hydrogen) atoms. The average molecular weight is 403 g/mol. The average Bonchev–Trinajstić information content (AvgIpc) is 3.12. The summed E-state index contributed by atoms with van der Waals surface area (Å²) in [7, 11) is 0. The number of amides is 1. The SMILES string of the molecule is O=C(CCSc1nnc(NCCc2ccccc2)s1)Nc1ccccc1F. The number of benzene rings is 2. The molecule has 0 aliphatic rings. The first-order valence-corrected chi connectivity index (χ1v) is 10.3. The van der Waals surface area contributed by atoms with Crippen molar-refractivity contribution in [3.8, 4) is 0 Å². The first-order chi connectivity index (χ1) is 13.2. The molecule has 0 saturated heterocycles. The molecule has 0 bridgehead atoms. The quantitative estimate of drug-likeness (QED) is 0.518. The molecule has 0 aliphatic carbocycles. The van der Waals surface area contributed by atoms with Crippen molar-refractivity contribution >= 4 is 39.8 Å². The third-order valence-corrected chi connectivity index (χ3v) is 5.66. The lowest BCUT2D eigenvalue weighted by atomic mass is 10.2. The van der Waals surface area contributed by atoms with E-state index in [0.717, 1.165) is 22.4 Å². The number of nitrogens with zero attached hydrogens (tertiary/aromatic N) is 2. The molecule has 0 aliphatic heterocycles. The Balaban J connectivity index is 1.36. The summed E-state index contributed by atoms with van der Waals surface area (Å²) < 4.78 is 14.3. The molecule has 0 fully saturated rings. The van der Waals surface area contributed by atoms with E-state index in [9.17, 15) is 9.18 Å². The van der Waals surface area contributed by atoms with Crippen molar-refractivity contribution in [2.24, 2.45) is 0 Å². The van der Waals surface area contributed by atoms with Gasteiger partial charge in [0, 0.05) is 18.7 Å². The summed E-state index contributed by atoms with van der Waals surface area (Å²) in [5, 5.41) is 14.8. The van der Waals surface area contributed by atoms with Crippen LogP contribution in [0.3, 0.4) is 0 Å². The van der Waals surface area contributed by atoms with Crippen LogP contribution in [0.1, 0.15) is 12.0 Å². The fraction of sp³-hybridized carbons (Fsp3) is 0.211. The Morgan fingerprint density at radius 1 is 1.07 bits per heavy atom. The molecule has 0 unspecified atom stereocenters. The second kappa shape index (κ2) is 10.0. The summed E-state index contributed by atoms with van der Waals surface area (Å²) in [6, 6.07) is 16.4. The molecule has 1 amide bonds. The topological polar surface area (TPSA) is 66.9 Å². The number of rotatable bonds is 9. The van der Waals surface area contributed by atoms with Crippen LogP contribution in [0.5, 0.6) is 0 Å². The van der Waals surface area contributed by atoms with Crippen LogP contribution in [0.2, 0.25) is 0 Å². The largest absolute Gasteiger partial charge is 0.360 e. The molecule has 3 rings (SSSR count). The Bertz CT molecular complexity index is 873. The normalized spacial score (nSPS) is 10.6. The summed E-state index contributed by atoms with van der Waals surface area (Å²) in [6.07, 6.45) is 1.19. The van der Waals surface area contributed by atoms with E-state index >= 15 is 0 Å². The number of carbonyl (C=O) groups excluding carboxylic acids is 1. The third-order valence-electron chi connectivity index (χ3n) is 3.64. The predicted molar refractivity (Wildman–Crippen MR) is 109 cm³/mol. The van der Waals surface area contributed by atoms with E-state index in [1.54, 1.807) is 18.2 Å². The van der Waals surface area contributed by atoms with Crippen molar-refractivity contribution in [3.05, 3.63) is 66.0 Å². The van der Waals surface area contributed by atoms with Crippen LogP contribution in [-0.2, 0) is 11.2 Å². The number of nitrogens with one attached hydrogen (secondary N) is 2. The maximum absolute atomic E-state index is 13.5. The summed E-state index contributed by atoms with van der Waals surface area (Å²) in [5.74, 6) is -0.106. The predicted octanol–water partition coefficient (Wildman–Crippen LogP) is 4.45.